The van der Waals surface area contributed by atoms with Crippen molar-refractivity contribution in [2.75, 3.05) is 6.61 Å². The number of hydrogen-bond donors (Lipinski definition) is 1. The van der Waals surface area contributed by atoms with Gasteiger partial charge < -0.3 is 10.2 Å². The van der Waals surface area contributed by atoms with Crippen LogP contribution >= 0.6 is 11.3 Å². The molecule has 0 bridgehead atoms. The summed E-state index contributed by atoms with van der Waals surface area (Å²) in [5.74, 6) is -0.754. The van der Waals surface area contributed by atoms with E-state index in [4.69, 9.17) is 4.74 Å². The van der Waals surface area contributed by atoms with Gasteiger partial charge in [-0.15, -0.1) is 0 Å². The number of carbonyl (C=O) groups is 1. The van der Waals surface area contributed by atoms with Gasteiger partial charge in [0, 0.05) is 10.9 Å². The van der Waals surface area contributed by atoms with Crippen LogP contribution < -0.4 is 5.43 Å². The van der Waals surface area contributed by atoms with Crippen molar-refractivity contribution in [2.45, 2.75) is 13.5 Å². The highest BCUT2D eigenvalue weighted by Gasteiger charge is 2.15. The number of benzene rings is 1. The molecule has 4 nitrogen and oxygen atoms in total. The van der Waals surface area contributed by atoms with Gasteiger partial charge in [0.15, 0.2) is 5.71 Å². The number of thiophene rings is 1. The predicted octanol–water partition coefficient (Wildman–Crippen LogP) is 2.94. The Morgan fingerprint density at radius 1 is 1.33 bits per heavy atom. The molecule has 0 saturated heterocycles. The van der Waals surface area contributed by atoms with Crippen LogP contribution in [0.4, 0.5) is 4.39 Å². The van der Waals surface area contributed by atoms with Gasteiger partial charge in [0.25, 0.3) is 0 Å². The number of halogens is 1. The highest BCUT2D eigenvalue weighted by atomic mass is 32.1. The lowest BCUT2D eigenvalue weighted by molar-refractivity contribution is -0.134. The minimum absolute atomic E-state index is 0.236. The summed E-state index contributed by atoms with van der Waals surface area (Å²) in [5.41, 5.74) is 4.64. The van der Waals surface area contributed by atoms with Crippen molar-refractivity contribution in [3.8, 4) is 0 Å². The first-order valence-corrected chi connectivity index (χ1v) is 7.39. The van der Waals surface area contributed by atoms with Gasteiger partial charge in [0.2, 0.25) is 0 Å². The summed E-state index contributed by atoms with van der Waals surface area (Å²) >= 11 is 1.48. The van der Waals surface area contributed by atoms with E-state index in [1.807, 2.05) is 10.8 Å². The lowest BCUT2D eigenvalue weighted by atomic mass is 10.2. The quantitative estimate of drug-likeness (QED) is 0.507. The van der Waals surface area contributed by atoms with Crippen molar-refractivity contribution < 1.29 is 13.9 Å². The second kappa shape index (κ2) is 7.54. The maximum Gasteiger partial charge on any atom is 0.359 e. The molecule has 1 aromatic heterocycles. The molecule has 0 fully saturated rings. The van der Waals surface area contributed by atoms with Crippen molar-refractivity contribution in [3.05, 3.63) is 58.0 Å². The number of nitrogens with one attached hydrogen (secondary N) is 1. The summed E-state index contributed by atoms with van der Waals surface area (Å²) in [6.45, 7) is 2.43. The third-order valence-corrected chi connectivity index (χ3v) is 3.33. The normalized spacial score (nSPS) is 11.2. The molecule has 0 spiro atoms. The van der Waals surface area contributed by atoms with Crippen molar-refractivity contribution >= 4 is 23.0 Å². The van der Waals surface area contributed by atoms with E-state index in [2.05, 4.69) is 10.5 Å². The van der Waals surface area contributed by atoms with Gasteiger partial charge in [0.05, 0.1) is 13.2 Å². The summed E-state index contributed by atoms with van der Waals surface area (Å²) in [4.78, 5) is 11.9. The second-order valence-electron chi connectivity index (χ2n) is 4.15. The van der Waals surface area contributed by atoms with E-state index >= 15 is 0 Å². The molecule has 1 heterocycles. The van der Waals surface area contributed by atoms with Crippen molar-refractivity contribution in [1.29, 1.82) is 0 Å². The summed E-state index contributed by atoms with van der Waals surface area (Å²) < 4.78 is 17.8. The Bertz CT molecular complexity index is 609. The number of carbonyl (C=O) groups excluding carboxylic acids is 1. The van der Waals surface area contributed by atoms with Gasteiger partial charge in [-0.05, 0) is 36.1 Å². The van der Waals surface area contributed by atoms with Crippen molar-refractivity contribution in [3.63, 3.8) is 0 Å². The summed E-state index contributed by atoms with van der Waals surface area (Å²) in [5, 5.41) is 7.80. The largest absolute Gasteiger partial charge is 0.461 e. The molecule has 0 atom stereocenters. The third kappa shape index (κ3) is 4.39. The number of ether oxygens (including phenoxy) is 1. The molecule has 2 rings (SSSR count). The molecule has 0 unspecified atom stereocenters. The number of esters is 1. The van der Waals surface area contributed by atoms with Gasteiger partial charge in [0.1, 0.15) is 5.82 Å². The van der Waals surface area contributed by atoms with E-state index in [-0.39, 0.29) is 11.5 Å². The highest BCUT2D eigenvalue weighted by Crippen LogP contribution is 2.09. The molecule has 0 amide bonds. The minimum atomic E-state index is -0.470. The molecule has 1 aromatic carbocycles. The standard InChI is InChI=1S/C15H15FN2O2S/c1-2-20-15(19)14(12-7-8-21-10-12)18-17-9-11-3-5-13(16)6-4-11/h3-8,10,17H,2,9H2,1H3. The van der Waals surface area contributed by atoms with Crippen LogP contribution in [0.25, 0.3) is 0 Å². The van der Waals surface area contributed by atoms with Gasteiger partial charge in [-0.2, -0.15) is 16.4 Å². The van der Waals surface area contributed by atoms with Crippen LogP contribution in [0.3, 0.4) is 0 Å². The smallest absolute Gasteiger partial charge is 0.359 e. The van der Waals surface area contributed by atoms with Crippen LogP contribution in [0.5, 0.6) is 0 Å². The van der Waals surface area contributed by atoms with Crippen molar-refractivity contribution in [1.82, 2.24) is 5.43 Å². The molecule has 110 valence electrons. The topological polar surface area (TPSA) is 50.7 Å². The molecule has 2 aromatic rings. The Morgan fingerprint density at radius 3 is 2.71 bits per heavy atom. The SMILES string of the molecule is CCOC(=O)C(=NNCc1ccc(F)cc1)c1ccsc1. The van der Waals surface area contributed by atoms with E-state index in [0.29, 0.717) is 18.7 Å². The second-order valence-corrected chi connectivity index (χ2v) is 4.93. The van der Waals surface area contributed by atoms with Crippen LogP contribution in [0.2, 0.25) is 0 Å². The van der Waals surface area contributed by atoms with Crippen LogP contribution in [0.1, 0.15) is 18.1 Å². The maximum atomic E-state index is 12.8. The van der Waals surface area contributed by atoms with Gasteiger partial charge >= 0.3 is 5.97 Å². The van der Waals surface area contributed by atoms with E-state index in [9.17, 15) is 9.18 Å². The minimum Gasteiger partial charge on any atom is -0.461 e. The summed E-state index contributed by atoms with van der Waals surface area (Å²) in [6.07, 6.45) is 0. The van der Waals surface area contributed by atoms with Gasteiger partial charge in [-0.3, -0.25) is 0 Å². The molecular weight excluding hydrogens is 291 g/mol. The third-order valence-electron chi connectivity index (χ3n) is 2.65. The van der Waals surface area contributed by atoms with Crippen LogP contribution in [0, 0.1) is 5.82 Å². The predicted molar refractivity (Wildman–Crippen MR) is 80.7 cm³/mol. The van der Waals surface area contributed by atoms with E-state index in [1.165, 1.54) is 23.5 Å². The lowest BCUT2D eigenvalue weighted by Gasteiger charge is -2.06. The zero-order valence-electron chi connectivity index (χ0n) is 11.5. The molecule has 0 aliphatic heterocycles. The van der Waals surface area contributed by atoms with Crippen LogP contribution in [-0.4, -0.2) is 18.3 Å². The Morgan fingerprint density at radius 2 is 2.10 bits per heavy atom. The monoisotopic (exact) mass is 306 g/mol. The summed E-state index contributed by atoms with van der Waals surface area (Å²) in [6, 6.07) is 7.89. The molecule has 0 radical (unpaired) electrons. The first-order chi connectivity index (χ1) is 10.2. The Hall–Kier alpha value is -2.21. The number of rotatable bonds is 6. The van der Waals surface area contributed by atoms with Gasteiger partial charge in [-0.25, -0.2) is 9.18 Å². The first kappa shape index (κ1) is 15.2. The molecule has 21 heavy (non-hydrogen) atoms. The molecule has 1 N–H and O–H groups in total. The summed E-state index contributed by atoms with van der Waals surface area (Å²) in [7, 11) is 0. The van der Waals surface area contributed by atoms with Gasteiger partial charge in [-0.1, -0.05) is 12.1 Å². The fraction of sp³-hybridized carbons (Fsp3) is 0.200. The average molecular weight is 306 g/mol. The number of hydrazone groups is 1. The van der Waals surface area contributed by atoms with Crippen molar-refractivity contribution in [2.24, 2.45) is 5.10 Å². The number of nitrogens with zero attached hydrogens (tertiary/aromatic N) is 1. The fourth-order valence-corrected chi connectivity index (χ4v) is 2.28. The Labute approximate surface area is 126 Å². The van der Waals surface area contributed by atoms with E-state index in [0.717, 1.165) is 5.56 Å². The zero-order valence-corrected chi connectivity index (χ0v) is 12.3. The fourth-order valence-electron chi connectivity index (χ4n) is 1.64. The highest BCUT2D eigenvalue weighted by molar-refractivity contribution is 7.08. The van der Waals surface area contributed by atoms with E-state index in [1.54, 1.807) is 25.1 Å². The molecule has 0 aliphatic carbocycles. The van der Waals surface area contributed by atoms with E-state index < -0.39 is 5.97 Å². The average Bonchev–Trinajstić information content (AvgIpc) is 2.99. The maximum absolute atomic E-state index is 12.8. The molecule has 0 aliphatic rings. The zero-order chi connectivity index (χ0) is 15.1. The van der Waals surface area contributed by atoms with Crippen LogP contribution in [-0.2, 0) is 16.1 Å². The molecule has 0 saturated carbocycles. The molecular formula is C15H15FN2O2S. The lowest BCUT2D eigenvalue weighted by Crippen LogP contribution is -2.22. The Balaban J connectivity index is 2.06. The first-order valence-electron chi connectivity index (χ1n) is 6.45. The number of hydrogen-bond acceptors (Lipinski definition) is 5. The molecule has 6 heteroatoms. The van der Waals surface area contributed by atoms with Crippen LogP contribution in [0.15, 0.2) is 46.2 Å². The Kier molecular flexibility index (Phi) is 5.45.